The van der Waals surface area contributed by atoms with E-state index in [2.05, 4.69) is 43.5 Å². The Hall–Kier alpha value is -1.94. The zero-order valence-corrected chi connectivity index (χ0v) is 20.5. The van der Waals surface area contributed by atoms with Crippen molar-refractivity contribution >= 4 is 35.8 Å². The summed E-state index contributed by atoms with van der Waals surface area (Å²) in [7, 11) is 3.89. The Bertz CT molecular complexity index is 851. The second-order valence-electron chi connectivity index (χ2n) is 7.58. The Balaban J connectivity index is 0.00000320. The van der Waals surface area contributed by atoms with E-state index in [0.29, 0.717) is 18.1 Å². The number of guanidine groups is 1. The quantitative estimate of drug-likeness (QED) is 0.356. The monoisotopic (exact) mass is 526 g/mol. The van der Waals surface area contributed by atoms with Crippen molar-refractivity contribution in [3.8, 4) is 0 Å². The van der Waals surface area contributed by atoms with Crippen LogP contribution in [0.2, 0.25) is 0 Å². The van der Waals surface area contributed by atoms with Crippen molar-refractivity contribution in [2.75, 3.05) is 45.2 Å². The lowest BCUT2D eigenvalue weighted by Gasteiger charge is -2.34. The lowest BCUT2D eigenvalue weighted by molar-refractivity contribution is 0.312. The summed E-state index contributed by atoms with van der Waals surface area (Å²) in [5.41, 5.74) is 2.67. The average Bonchev–Trinajstić information content (AvgIpc) is 2.73. The van der Waals surface area contributed by atoms with Crippen LogP contribution < -0.4 is 15.5 Å². The number of nitrogens with zero attached hydrogens (tertiary/aromatic N) is 4. The van der Waals surface area contributed by atoms with Crippen LogP contribution in [0.4, 0.5) is 10.2 Å². The number of likely N-dealkylation sites (N-methyl/N-ethyl adjacent to an activating group) is 1. The molecule has 0 saturated carbocycles. The molecule has 0 aliphatic carbocycles. The Kier molecular flexibility index (Phi) is 9.29. The molecule has 0 spiro atoms. The van der Waals surface area contributed by atoms with Gasteiger partial charge in [0.15, 0.2) is 5.96 Å². The Morgan fingerprint density at radius 3 is 2.63 bits per heavy atom. The highest BCUT2D eigenvalue weighted by atomic mass is 127. The van der Waals surface area contributed by atoms with E-state index in [1.54, 1.807) is 26.1 Å². The van der Waals surface area contributed by atoms with Crippen LogP contribution in [0.5, 0.6) is 0 Å². The summed E-state index contributed by atoms with van der Waals surface area (Å²) in [5.74, 6) is 1.51. The molecule has 1 saturated heterocycles. The molecule has 1 aromatic heterocycles. The Morgan fingerprint density at radius 1 is 1.23 bits per heavy atom. The predicted octanol–water partition coefficient (Wildman–Crippen LogP) is 3.33. The Labute approximate surface area is 196 Å². The van der Waals surface area contributed by atoms with Crippen LogP contribution in [0, 0.1) is 12.7 Å². The smallest absolute Gasteiger partial charge is 0.191 e. The summed E-state index contributed by atoms with van der Waals surface area (Å²) in [6, 6.07) is 9.31. The minimum Gasteiger partial charge on any atom is -0.354 e. The van der Waals surface area contributed by atoms with Gasteiger partial charge in [-0.1, -0.05) is 18.2 Å². The third kappa shape index (κ3) is 6.28. The summed E-state index contributed by atoms with van der Waals surface area (Å²) >= 11 is 0. The highest BCUT2D eigenvalue weighted by Gasteiger charge is 2.18. The largest absolute Gasteiger partial charge is 0.354 e. The van der Waals surface area contributed by atoms with E-state index in [9.17, 15) is 4.39 Å². The number of piperazine rings is 1. The fourth-order valence-corrected chi connectivity index (χ4v) is 3.41. The fraction of sp³-hybridized carbons (Fsp3) is 0.455. The van der Waals surface area contributed by atoms with E-state index in [1.807, 2.05) is 25.3 Å². The van der Waals surface area contributed by atoms with Gasteiger partial charge in [0.2, 0.25) is 0 Å². The van der Waals surface area contributed by atoms with Crippen LogP contribution in [-0.4, -0.2) is 56.1 Å². The first-order valence-corrected chi connectivity index (χ1v) is 10.1. The van der Waals surface area contributed by atoms with Gasteiger partial charge in [-0.2, -0.15) is 0 Å². The first kappa shape index (κ1) is 24.3. The molecule has 1 aromatic carbocycles. The maximum absolute atomic E-state index is 13.9. The topological polar surface area (TPSA) is 55.8 Å². The number of benzene rings is 1. The van der Waals surface area contributed by atoms with E-state index < -0.39 is 0 Å². The molecule has 2 N–H and O–H groups in total. The molecule has 1 fully saturated rings. The van der Waals surface area contributed by atoms with Gasteiger partial charge in [0.25, 0.3) is 0 Å². The fourth-order valence-electron chi connectivity index (χ4n) is 3.41. The Morgan fingerprint density at radius 2 is 1.97 bits per heavy atom. The highest BCUT2D eigenvalue weighted by molar-refractivity contribution is 14.0. The minimum atomic E-state index is -0.189. The number of hydrogen-bond acceptors (Lipinski definition) is 4. The van der Waals surface area contributed by atoms with Crippen molar-refractivity contribution in [3.05, 3.63) is 59.0 Å². The average molecular weight is 526 g/mol. The summed E-state index contributed by atoms with van der Waals surface area (Å²) in [6.45, 7) is 8.41. The van der Waals surface area contributed by atoms with Gasteiger partial charge in [-0.05, 0) is 44.2 Å². The molecule has 0 amide bonds. The molecule has 0 bridgehead atoms. The van der Waals surface area contributed by atoms with Crippen molar-refractivity contribution in [2.24, 2.45) is 4.99 Å². The summed E-state index contributed by atoms with van der Waals surface area (Å²) < 4.78 is 13.9. The summed E-state index contributed by atoms with van der Waals surface area (Å²) in [5, 5.41) is 6.70. The van der Waals surface area contributed by atoms with Crippen molar-refractivity contribution in [1.29, 1.82) is 0 Å². The van der Waals surface area contributed by atoms with Gasteiger partial charge in [0.1, 0.15) is 11.6 Å². The molecule has 1 aliphatic rings. The SMILES string of the molecule is CN=C(NCc1cccnc1N1CCN(C)CC1)NC(C)c1ccc(C)c(F)c1.I. The lowest BCUT2D eigenvalue weighted by atomic mass is 10.1. The number of aryl methyl sites for hydroxylation is 1. The molecule has 8 heteroatoms. The van der Waals surface area contributed by atoms with E-state index in [1.165, 1.54) is 0 Å². The van der Waals surface area contributed by atoms with Gasteiger partial charge in [0, 0.05) is 51.5 Å². The number of aromatic nitrogens is 1. The number of pyridine rings is 1. The van der Waals surface area contributed by atoms with Crippen LogP contribution in [0.25, 0.3) is 0 Å². The van der Waals surface area contributed by atoms with Crippen LogP contribution >= 0.6 is 24.0 Å². The van der Waals surface area contributed by atoms with Crippen molar-refractivity contribution in [2.45, 2.75) is 26.4 Å². The summed E-state index contributed by atoms with van der Waals surface area (Å²) in [4.78, 5) is 13.6. The molecule has 1 atom stereocenters. The number of rotatable bonds is 5. The standard InChI is InChI=1S/C22H31FN6.HI/c1-16-7-8-18(14-20(16)23)17(2)27-22(24-3)26-15-19-6-5-9-25-21(19)29-12-10-28(4)11-13-29;/h5-9,14,17H,10-13,15H2,1-4H3,(H2,24,26,27);1H. The molecule has 2 heterocycles. The lowest BCUT2D eigenvalue weighted by Crippen LogP contribution is -2.45. The van der Waals surface area contributed by atoms with Crippen molar-refractivity contribution in [3.63, 3.8) is 0 Å². The molecule has 6 nitrogen and oxygen atoms in total. The molecular formula is C22H32FIN6. The molecule has 164 valence electrons. The van der Waals surface area contributed by atoms with Gasteiger partial charge >= 0.3 is 0 Å². The van der Waals surface area contributed by atoms with Crippen molar-refractivity contribution in [1.82, 2.24) is 20.5 Å². The number of nitrogens with one attached hydrogen (secondary N) is 2. The van der Waals surface area contributed by atoms with Crippen molar-refractivity contribution < 1.29 is 4.39 Å². The van der Waals surface area contributed by atoms with Gasteiger partial charge in [0.05, 0.1) is 6.04 Å². The van der Waals surface area contributed by atoms with E-state index in [-0.39, 0.29) is 35.8 Å². The second kappa shape index (κ2) is 11.5. The number of aliphatic imine (C=N–C) groups is 1. The zero-order chi connectivity index (χ0) is 20.8. The first-order valence-electron chi connectivity index (χ1n) is 10.1. The molecule has 2 aromatic rings. The maximum Gasteiger partial charge on any atom is 0.191 e. The third-order valence-corrected chi connectivity index (χ3v) is 5.39. The normalized spacial score (nSPS) is 16.0. The number of halogens is 2. The highest BCUT2D eigenvalue weighted by Crippen LogP contribution is 2.19. The van der Waals surface area contributed by atoms with E-state index >= 15 is 0 Å². The third-order valence-electron chi connectivity index (χ3n) is 5.39. The van der Waals surface area contributed by atoms with Crippen LogP contribution in [0.1, 0.15) is 29.7 Å². The molecule has 1 unspecified atom stereocenters. The molecule has 3 rings (SSSR count). The van der Waals surface area contributed by atoms with Crippen LogP contribution in [-0.2, 0) is 6.54 Å². The zero-order valence-electron chi connectivity index (χ0n) is 18.2. The van der Waals surface area contributed by atoms with Gasteiger partial charge < -0.3 is 20.4 Å². The van der Waals surface area contributed by atoms with Gasteiger partial charge in [-0.3, -0.25) is 4.99 Å². The number of anilines is 1. The second-order valence-corrected chi connectivity index (χ2v) is 7.58. The number of hydrogen-bond donors (Lipinski definition) is 2. The van der Waals surface area contributed by atoms with Gasteiger partial charge in [-0.15, -0.1) is 24.0 Å². The summed E-state index contributed by atoms with van der Waals surface area (Å²) in [6.07, 6.45) is 1.85. The minimum absolute atomic E-state index is 0. The van der Waals surface area contributed by atoms with Crippen LogP contribution in [0.15, 0.2) is 41.5 Å². The predicted molar refractivity (Wildman–Crippen MR) is 132 cm³/mol. The van der Waals surface area contributed by atoms with E-state index in [0.717, 1.165) is 43.1 Å². The van der Waals surface area contributed by atoms with E-state index in [4.69, 9.17) is 0 Å². The van der Waals surface area contributed by atoms with Crippen LogP contribution in [0.3, 0.4) is 0 Å². The molecular weight excluding hydrogens is 494 g/mol. The van der Waals surface area contributed by atoms with Gasteiger partial charge in [-0.25, -0.2) is 9.37 Å². The molecule has 30 heavy (non-hydrogen) atoms. The maximum atomic E-state index is 13.9. The molecule has 1 aliphatic heterocycles. The molecule has 0 radical (unpaired) electrons. The first-order chi connectivity index (χ1) is 14.0.